The summed E-state index contributed by atoms with van der Waals surface area (Å²) >= 11 is 5.56. The highest BCUT2D eigenvalue weighted by Gasteiger charge is 2.31. The van der Waals surface area contributed by atoms with Crippen molar-refractivity contribution in [2.45, 2.75) is 19.0 Å². The Kier molecular flexibility index (Phi) is 5.69. The van der Waals surface area contributed by atoms with Crippen LogP contribution in [0.2, 0.25) is 5.02 Å². The molecule has 11 heteroatoms. The molecule has 0 radical (unpaired) electrons. The van der Waals surface area contributed by atoms with Gasteiger partial charge in [-0.25, -0.2) is 4.98 Å². The number of aliphatic carboxylic acids is 2. The van der Waals surface area contributed by atoms with Gasteiger partial charge in [-0.05, 0) is 18.9 Å². The fourth-order valence-electron chi connectivity index (χ4n) is 1.22. The van der Waals surface area contributed by atoms with Crippen molar-refractivity contribution in [3.05, 3.63) is 22.8 Å². The zero-order chi connectivity index (χ0) is 16.9. The highest BCUT2D eigenvalue weighted by molar-refractivity contribution is 6.35. The summed E-state index contributed by atoms with van der Waals surface area (Å²) in [6.45, 7) is 0. The van der Waals surface area contributed by atoms with Gasteiger partial charge in [-0.2, -0.15) is 18.3 Å². The van der Waals surface area contributed by atoms with Gasteiger partial charge in [-0.15, -0.1) is 0 Å². The van der Waals surface area contributed by atoms with E-state index in [0.29, 0.717) is 12.3 Å². The van der Waals surface area contributed by atoms with E-state index in [4.69, 9.17) is 11.6 Å². The monoisotopic (exact) mass is 337 g/mol. The number of carbonyl (C=O) groups excluding carboxylic acids is 2. The van der Waals surface area contributed by atoms with Crippen molar-refractivity contribution in [3.63, 3.8) is 0 Å². The molecule has 0 aliphatic heterocycles. The molecule has 0 spiro atoms. The van der Waals surface area contributed by atoms with E-state index in [1.54, 1.807) is 0 Å². The second kappa shape index (κ2) is 7.07. The van der Waals surface area contributed by atoms with Crippen LogP contribution in [0.15, 0.2) is 17.4 Å². The van der Waals surface area contributed by atoms with Gasteiger partial charge in [0, 0.05) is 12.2 Å². The Labute approximate surface area is 126 Å². The van der Waals surface area contributed by atoms with Crippen molar-refractivity contribution >= 4 is 35.1 Å². The lowest BCUT2D eigenvalue weighted by Crippen LogP contribution is -2.34. The Bertz CT molecular complexity index is 619. The summed E-state index contributed by atoms with van der Waals surface area (Å²) in [5.41, 5.74) is 0.268. The summed E-state index contributed by atoms with van der Waals surface area (Å²) < 4.78 is 37.2. The summed E-state index contributed by atoms with van der Waals surface area (Å²) in [5.74, 6) is -3.58. The summed E-state index contributed by atoms with van der Waals surface area (Å²) in [4.78, 5) is 24.3. The van der Waals surface area contributed by atoms with Crippen LogP contribution in [-0.2, 0) is 15.8 Å². The van der Waals surface area contributed by atoms with Gasteiger partial charge < -0.3 is 19.8 Å². The number of carboxylic acids is 2. The summed E-state index contributed by atoms with van der Waals surface area (Å²) in [6.07, 6.45) is -5.29. The maximum atomic E-state index is 12.4. The van der Waals surface area contributed by atoms with Gasteiger partial charge in [-0.1, -0.05) is 11.6 Å². The van der Waals surface area contributed by atoms with Crippen LogP contribution in [0, 0.1) is 0 Å². The first kappa shape index (κ1) is 17.7. The van der Waals surface area contributed by atoms with E-state index in [-0.39, 0.29) is 5.82 Å². The third-order valence-electron chi connectivity index (χ3n) is 2.27. The molecule has 0 atom stereocenters. The highest BCUT2D eigenvalue weighted by Crippen LogP contribution is 2.32. The maximum absolute atomic E-state index is 12.4. The lowest BCUT2D eigenvalue weighted by molar-refractivity contribution is -0.305. The van der Waals surface area contributed by atoms with Crippen molar-refractivity contribution in [1.82, 2.24) is 4.98 Å². The van der Waals surface area contributed by atoms with Crippen LogP contribution in [-0.4, -0.2) is 22.6 Å². The number of rotatable bonds is 6. The molecule has 0 unspecified atom stereocenters. The van der Waals surface area contributed by atoms with Gasteiger partial charge in [0.1, 0.15) is 0 Å². The number of carboxylic acid groups (broad SMARTS) is 2. The van der Waals surface area contributed by atoms with Crippen LogP contribution in [0.4, 0.5) is 19.0 Å². The number of hydrazone groups is 1. The number of alkyl halides is 3. The minimum atomic E-state index is -4.64. The standard InChI is InChI=1S/C11H9ClF3N3O4/c12-6-3-5(11(13,14)15)4-16-9(6)18-17-7(10(21)22)1-2-8(19)20/h3-4H,1-2H2,(H,16,18)(H,19,20)(H,21,22)/p-2/b17-7+. The van der Waals surface area contributed by atoms with E-state index < -0.39 is 47.3 Å². The largest absolute Gasteiger partial charge is 0.550 e. The summed E-state index contributed by atoms with van der Waals surface area (Å²) in [6, 6.07) is 0.576. The minimum Gasteiger partial charge on any atom is -0.550 e. The maximum Gasteiger partial charge on any atom is 0.417 e. The summed E-state index contributed by atoms with van der Waals surface area (Å²) in [7, 11) is 0. The number of anilines is 1. The van der Waals surface area contributed by atoms with Gasteiger partial charge >= 0.3 is 6.18 Å². The molecule has 0 amide bonds. The SMILES string of the molecule is O=C([O-])CC/C(=N\Nc1ncc(C(F)(F)F)cc1Cl)C(=O)[O-]. The van der Waals surface area contributed by atoms with Crippen LogP contribution in [0.25, 0.3) is 0 Å². The molecule has 1 N–H and O–H groups in total. The zero-order valence-electron chi connectivity index (χ0n) is 10.6. The lowest BCUT2D eigenvalue weighted by atomic mass is 10.2. The number of hydrogen-bond acceptors (Lipinski definition) is 7. The Morgan fingerprint density at radius 3 is 2.41 bits per heavy atom. The average Bonchev–Trinajstić information content (AvgIpc) is 2.38. The number of pyridine rings is 1. The molecule has 1 rings (SSSR count). The second-order valence-electron chi connectivity index (χ2n) is 3.88. The first-order chi connectivity index (χ1) is 10.1. The smallest absolute Gasteiger partial charge is 0.417 e. The molecule has 7 nitrogen and oxygen atoms in total. The minimum absolute atomic E-state index is 0.332. The van der Waals surface area contributed by atoms with Crippen molar-refractivity contribution in [3.8, 4) is 0 Å². The molecule has 0 aliphatic carbocycles. The number of nitrogens with one attached hydrogen (secondary N) is 1. The molecule has 1 aromatic rings. The molecule has 0 aromatic carbocycles. The van der Waals surface area contributed by atoms with Crippen LogP contribution in [0.1, 0.15) is 18.4 Å². The third-order valence-corrected chi connectivity index (χ3v) is 2.55. The fraction of sp³-hybridized carbons (Fsp3) is 0.273. The zero-order valence-corrected chi connectivity index (χ0v) is 11.4. The Morgan fingerprint density at radius 1 is 1.32 bits per heavy atom. The first-order valence-corrected chi connectivity index (χ1v) is 5.95. The number of nitrogens with zero attached hydrogens (tertiary/aromatic N) is 2. The van der Waals surface area contributed by atoms with Gasteiger partial charge in [0.2, 0.25) is 0 Å². The van der Waals surface area contributed by atoms with Crippen LogP contribution in [0.3, 0.4) is 0 Å². The molecule has 0 bridgehead atoms. The molecule has 22 heavy (non-hydrogen) atoms. The Balaban J connectivity index is 2.91. The molecular formula is C11H7ClF3N3O4-2. The van der Waals surface area contributed by atoms with E-state index in [1.807, 2.05) is 5.43 Å². The topological polar surface area (TPSA) is 118 Å². The van der Waals surface area contributed by atoms with E-state index in [9.17, 15) is 33.0 Å². The normalized spacial score (nSPS) is 12.1. The fourth-order valence-corrected chi connectivity index (χ4v) is 1.43. The van der Waals surface area contributed by atoms with E-state index >= 15 is 0 Å². The number of aromatic nitrogens is 1. The number of carbonyl (C=O) groups is 2. The molecule has 120 valence electrons. The highest BCUT2D eigenvalue weighted by atomic mass is 35.5. The van der Waals surface area contributed by atoms with Crippen LogP contribution in [0.5, 0.6) is 0 Å². The first-order valence-electron chi connectivity index (χ1n) is 5.57. The molecular weight excluding hydrogens is 331 g/mol. The quantitative estimate of drug-likeness (QED) is 0.567. The van der Waals surface area contributed by atoms with Crippen molar-refractivity contribution in [1.29, 1.82) is 0 Å². The Morgan fingerprint density at radius 2 is 1.95 bits per heavy atom. The van der Waals surface area contributed by atoms with Crippen molar-refractivity contribution in [2.24, 2.45) is 5.10 Å². The third kappa shape index (κ3) is 5.20. The van der Waals surface area contributed by atoms with Gasteiger partial charge in [-0.3, -0.25) is 5.43 Å². The van der Waals surface area contributed by atoms with E-state index in [0.717, 1.165) is 0 Å². The van der Waals surface area contributed by atoms with Crippen molar-refractivity contribution in [2.75, 3.05) is 5.43 Å². The van der Waals surface area contributed by atoms with Gasteiger partial charge in [0.05, 0.1) is 22.3 Å². The van der Waals surface area contributed by atoms with Crippen LogP contribution >= 0.6 is 11.6 Å². The molecule has 1 heterocycles. The molecule has 0 fully saturated rings. The summed E-state index contributed by atoms with van der Waals surface area (Å²) in [5, 5.41) is 23.8. The lowest BCUT2D eigenvalue weighted by Gasteiger charge is -2.11. The molecule has 0 saturated heterocycles. The average molecular weight is 338 g/mol. The molecule has 0 aliphatic rings. The predicted octanol–water partition coefficient (Wildman–Crippen LogP) is -0.198. The second-order valence-corrected chi connectivity index (χ2v) is 4.29. The van der Waals surface area contributed by atoms with E-state index in [2.05, 4.69) is 10.1 Å². The molecule has 0 saturated carbocycles. The van der Waals surface area contributed by atoms with Gasteiger partial charge in [0.25, 0.3) is 0 Å². The molecule has 1 aromatic heterocycles. The van der Waals surface area contributed by atoms with Crippen LogP contribution < -0.4 is 15.6 Å². The van der Waals surface area contributed by atoms with Crippen molar-refractivity contribution < 1.29 is 33.0 Å². The number of hydrogen-bond donors (Lipinski definition) is 1. The number of halogens is 4. The Hall–Kier alpha value is -2.36. The van der Waals surface area contributed by atoms with Gasteiger partial charge in [0.15, 0.2) is 5.82 Å². The van der Waals surface area contributed by atoms with E-state index in [1.165, 1.54) is 0 Å². The predicted molar refractivity (Wildman–Crippen MR) is 64.6 cm³/mol.